The van der Waals surface area contributed by atoms with E-state index in [1.807, 2.05) is 78.7 Å². The average Bonchev–Trinajstić information content (AvgIpc) is 3.39. The van der Waals surface area contributed by atoms with E-state index in [2.05, 4.69) is 15.3 Å². The summed E-state index contributed by atoms with van der Waals surface area (Å²) in [5.74, 6) is -0.471. The van der Waals surface area contributed by atoms with Gasteiger partial charge < -0.3 is 15.2 Å². The maximum Gasteiger partial charge on any atom is 0.256 e. The van der Waals surface area contributed by atoms with E-state index in [0.717, 1.165) is 22.0 Å². The number of aromatic amines is 1. The number of nitrogens with zero attached hydrogens (tertiary/aromatic N) is 3. The van der Waals surface area contributed by atoms with Crippen molar-refractivity contribution >= 4 is 51.4 Å². The van der Waals surface area contributed by atoms with E-state index in [0.29, 0.717) is 23.0 Å². The maximum absolute atomic E-state index is 13.5. The molecule has 1 aliphatic rings. The van der Waals surface area contributed by atoms with Gasteiger partial charge >= 0.3 is 0 Å². The van der Waals surface area contributed by atoms with Crippen molar-refractivity contribution in [1.29, 1.82) is 0 Å². The van der Waals surface area contributed by atoms with Crippen molar-refractivity contribution in [3.8, 4) is 0 Å². The van der Waals surface area contributed by atoms with Crippen LogP contribution in [0.5, 0.6) is 0 Å². The summed E-state index contributed by atoms with van der Waals surface area (Å²) in [7, 11) is 0. The van der Waals surface area contributed by atoms with Crippen molar-refractivity contribution in [2.24, 2.45) is 0 Å². The molecular weight excluding hydrogens is 446 g/mol. The smallest absolute Gasteiger partial charge is 0.256 e. The fourth-order valence-electron chi connectivity index (χ4n) is 4.15. The van der Waals surface area contributed by atoms with Crippen molar-refractivity contribution in [3.63, 3.8) is 0 Å². The topological polar surface area (TPSA) is 81.3 Å². The summed E-state index contributed by atoms with van der Waals surface area (Å²) in [6, 6.07) is 18.3. The van der Waals surface area contributed by atoms with E-state index in [-0.39, 0.29) is 18.2 Å². The second-order valence-corrected chi connectivity index (χ2v) is 8.69. The number of hydrogen-bond donors (Lipinski definition) is 2. The lowest BCUT2D eigenvalue weighted by molar-refractivity contribution is -0.124. The highest BCUT2D eigenvalue weighted by Crippen LogP contribution is 2.29. The number of rotatable bonds is 6. The Morgan fingerprint density at radius 2 is 1.97 bits per heavy atom. The molecule has 0 bridgehead atoms. The predicted octanol–water partition coefficient (Wildman–Crippen LogP) is 4.40. The number of anilines is 2. The number of benzene rings is 2. The first kappa shape index (κ1) is 21.8. The maximum atomic E-state index is 13.5. The van der Waals surface area contributed by atoms with Gasteiger partial charge in [0.25, 0.3) is 5.91 Å². The zero-order valence-electron chi connectivity index (χ0n) is 18.6. The molecular formula is C26H23N5O2S. The highest BCUT2D eigenvalue weighted by molar-refractivity contribution is 7.80. The molecule has 8 heteroatoms. The first-order chi connectivity index (χ1) is 16.5. The summed E-state index contributed by atoms with van der Waals surface area (Å²) in [5, 5.41) is 4.36. The van der Waals surface area contributed by atoms with Crippen LogP contribution < -0.4 is 10.2 Å². The van der Waals surface area contributed by atoms with Crippen LogP contribution in [0.4, 0.5) is 11.4 Å². The lowest BCUT2D eigenvalue weighted by atomic mass is 10.1. The number of carbonyl (C=O) groups excluding carboxylic acids is 2. The third-order valence-corrected chi connectivity index (χ3v) is 6.32. The molecule has 170 valence electrons. The van der Waals surface area contributed by atoms with E-state index in [1.165, 1.54) is 4.90 Å². The number of carbonyl (C=O) groups is 2. The van der Waals surface area contributed by atoms with Crippen LogP contribution in [0.25, 0.3) is 10.9 Å². The molecule has 4 aromatic rings. The summed E-state index contributed by atoms with van der Waals surface area (Å²) in [4.78, 5) is 37.2. The van der Waals surface area contributed by atoms with Crippen LogP contribution in [0.3, 0.4) is 0 Å². The summed E-state index contributed by atoms with van der Waals surface area (Å²) >= 11 is 5.73. The molecule has 7 nitrogen and oxygen atoms in total. The molecule has 0 radical (unpaired) electrons. The van der Waals surface area contributed by atoms with E-state index in [4.69, 9.17) is 12.2 Å². The van der Waals surface area contributed by atoms with Crippen molar-refractivity contribution in [3.05, 3.63) is 90.4 Å². The monoisotopic (exact) mass is 469 g/mol. The van der Waals surface area contributed by atoms with Gasteiger partial charge in [0.15, 0.2) is 5.11 Å². The van der Waals surface area contributed by atoms with Crippen LogP contribution in [0.2, 0.25) is 0 Å². The molecule has 3 heterocycles. The Labute approximate surface area is 202 Å². The van der Waals surface area contributed by atoms with Gasteiger partial charge in [0, 0.05) is 36.3 Å². The Hall–Kier alpha value is -4.04. The molecule has 1 fully saturated rings. The van der Waals surface area contributed by atoms with Crippen molar-refractivity contribution < 1.29 is 9.59 Å². The van der Waals surface area contributed by atoms with Gasteiger partial charge in [0.2, 0.25) is 5.91 Å². The second kappa shape index (κ2) is 9.07. The number of pyridine rings is 1. The SMILES string of the molecule is Cc1ccc(N2C(=O)C(CC(=O)Nc3ccc4cc[nH]c4c3)N(Cc3cccnc3)C2=S)cc1. The number of thiocarbonyl (C=S) groups is 1. The number of fused-ring (bicyclic) bond motifs is 1. The van der Waals surface area contributed by atoms with Crippen molar-refractivity contribution in [2.45, 2.75) is 25.9 Å². The highest BCUT2D eigenvalue weighted by Gasteiger charge is 2.44. The standard InChI is InChI=1S/C26H23N5O2S/c1-17-4-8-21(9-5-17)31-25(33)23(30(26(31)34)16-18-3-2-11-27-15-18)14-24(32)29-20-7-6-19-10-12-28-22(19)13-20/h2-13,15,23,28H,14,16H2,1H3,(H,29,32). The van der Waals surface area contributed by atoms with E-state index in [9.17, 15) is 9.59 Å². The summed E-state index contributed by atoms with van der Waals surface area (Å²) < 4.78 is 0. The quantitative estimate of drug-likeness (QED) is 0.409. The van der Waals surface area contributed by atoms with Crippen LogP contribution in [-0.2, 0) is 16.1 Å². The molecule has 0 spiro atoms. The molecule has 0 saturated carbocycles. The molecule has 34 heavy (non-hydrogen) atoms. The largest absolute Gasteiger partial charge is 0.361 e. The third kappa shape index (κ3) is 4.27. The van der Waals surface area contributed by atoms with Gasteiger partial charge in [-0.05, 0) is 66.5 Å². The minimum absolute atomic E-state index is 0.0235. The summed E-state index contributed by atoms with van der Waals surface area (Å²) in [6.07, 6.45) is 5.26. The number of H-pyrrole nitrogens is 1. The van der Waals surface area contributed by atoms with Crippen LogP contribution in [0.15, 0.2) is 79.3 Å². The molecule has 2 aromatic heterocycles. The highest BCUT2D eigenvalue weighted by atomic mass is 32.1. The van der Waals surface area contributed by atoms with Gasteiger partial charge in [-0.15, -0.1) is 0 Å². The first-order valence-corrected chi connectivity index (χ1v) is 11.4. The molecule has 1 saturated heterocycles. The Kier molecular flexibility index (Phi) is 5.81. The fourth-order valence-corrected chi connectivity index (χ4v) is 4.53. The Balaban J connectivity index is 1.40. The molecule has 1 unspecified atom stereocenters. The zero-order chi connectivity index (χ0) is 23.7. The zero-order valence-corrected chi connectivity index (χ0v) is 19.4. The number of hydrogen-bond acceptors (Lipinski definition) is 4. The molecule has 1 atom stereocenters. The lowest BCUT2D eigenvalue weighted by Crippen LogP contribution is -2.37. The Morgan fingerprint density at radius 3 is 2.74 bits per heavy atom. The van der Waals surface area contributed by atoms with Crippen LogP contribution in [0, 0.1) is 6.92 Å². The van der Waals surface area contributed by atoms with Crippen molar-refractivity contribution in [2.75, 3.05) is 10.2 Å². The van der Waals surface area contributed by atoms with Crippen LogP contribution in [0.1, 0.15) is 17.5 Å². The Morgan fingerprint density at radius 1 is 1.15 bits per heavy atom. The second-order valence-electron chi connectivity index (χ2n) is 8.33. The fraction of sp³-hybridized carbons (Fsp3) is 0.154. The van der Waals surface area contributed by atoms with Gasteiger partial charge in [-0.2, -0.15) is 0 Å². The Bertz CT molecular complexity index is 1370. The number of nitrogens with one attached hydrogen (secondary N) is 2. The van der Waals surface area contributed by atoms with Crippen molar-refractivity contribution in [1.82, 2.24) is 14.9 Å². The van der Waals surface area contributed by atoms with Gasteiger partial charge in [-0.3, -0.25) is 19.5 Å². The molecule has 2 aromatic carbocycles. The normalized spacial score (nSPS) is 15.9. The minimum atomic E-state index is -0.719. The molecule has 2 amide bonds. The summed E-state index contributed by atoms with van der Waals surface area (Å²) in [6.45, 7) is 2.37. The van der Waals surface area contributed by atoms with E-state index in [1.54, 1.807) is 12.4 Å². The van der Waals surface area contributed by atoms with E-state index >= 15 is 0 Å². The van der Waals surface area contributed by atoms with E-state index < -0.39 is 6.04 Å². The lowest BCUT2D eigenvalue weighted by Gasteiger charge is -2.24. The van der Waals surface area contributed by atoms with Crippen LogP contribution >= 0.6 is 12.2 Å². The van der Waals surface area contributed by atoms with Gasteiger partial charge in [0.1, 0.15) is 6.04 Å². The molecule has 1 aliphatic heterocycles. The van der Waals surface area contributed by atoms with Crippen LogP contribution in [-0.4, -0.2) is 37.8 Å². The molecule has 5 rings (SSSR count). The number of aromatic nitrogens is 2. The van der Waals surface area contributed by atoms with Gasteiger partial charge in [-0.25, -0.2) is 0 Å². The van der Waals surface area contributed by atoms with Gasteiger partial charge in [0.05, 0.1) is 12.1 Å². The minimum Gasteiger partial charge on any atom is -0.361 e. The average molecular weight is 470 g/mol. The molecule has 0 aliphatic carbocycles. The first-order valence-electron chi connectivity index (χ1n) is 11.0. The summed E-state index contributed by atoms with van der Waals surface area (Å²) in [5.41, 5.74) is 4.29. The number of amides is 2. The third-order valence-electron chi connectivity index (χ3n) is 5.90. The molecule has 2 N–H and O–H groups in total. The van der Waals surface area contributed by atoms with Gasteiger partial charge in [-0.1, -0.05) is 29.8 Å². The predicted molar refractivity (Wildman–Crippen MR) is 136 cm³/mol. The number of aryl methyl sites for hydroxylation is 1.